The summed E-state index contributed by atoms with van der Waals surface area (Å²) in [6.07, 6.45) is 6.75. The predicted octanol–water partition coefficient (Wildman–Crippen LogP) is 1.42. The fourth-order valence-corrected chi connectivity index (χ4v) is 2.31. The SMILES string of the molecule is CCC(N)CC(=O)NCC1(C2CC2)CC1. The Kier molecular flexibility index (Phi) is 3.01. The van der Waals surface area contributed by atoms with Crippen LogP contribution in [0.1, 0.15) is 45.4 Å². The third-order valence-corrected chi connectivity index (χ3v) is 3.95. The first-order valence-electron chi connectivity index (χ1n) is 6.18. The minimum Gasteiger partial charge on any atom is -0.355 e. The second-order valence-corrected chi connectivity index (χ2v) is 5.29. The molecule has 1 amide bonds. The molecule has 0 spiro atoms. The molecule has 0 heterocycles. The highest BCUT2D eigenvalue weighted by atomic mass is 16.1. The number of carbonyl (C=O) groups excluding carboxylic acids is 1. The molecule has 0 aromatic heterocycles. The lowest BCUT2D eigenvalue weighted by Gasteiger charge is -2.16. The fourth-order valence-electron chi connectivity index (χ4n) is 2.31. The van der Waals surface area contributed by atoms with Crippen LogP contribution in [0.15, 0.2) is 0 Å². The Morgan fingerprint density at radius 2 is 2.20 bits per heavy atom. The standard InChI is InChI=1S/C12H22N2O/c1-2-10(13)7-11(15)14-8-12(5-6-12)9-3-4-9/h9-10H,2-8,13H2,1H3,(H,14,15). The highest BCUT2D eigenvalue weighted by molar-refractivity contribution is 5.76. The maximum Gasteiger partial charge on any atom is 0.221 e. The average molecular weight is 210 g/mol. The smallest absolute Gasteiger partial charge is 0.221 e. The van der Waals surface area contributed by atoms with Crippen LogP contribution in [0, 0.1) is 11.3 Å². The van der Waals surface area contributed by atoms with E-state index in [9.17, 15) is 4.79 Å². The summed E-state index contributed by atoms with van der Waals surface area (Å²) in [6, 6.07) is 0.0288. The van der Waals surface area contributed by atoms with Crippen molar-refractivity contribution in [3.05, 3.63) is 0 Å². The number of nitrogens with one attached hydrogen (secondary N) is 1. The summed E-state index contributed by atoms with van der Waals surface area (Å²) in [5, 5.41) is 3.05. The van der Waals surface area contributed by atoms with Gasteiger partial charge in [-0.3, -0.25) is 4.79 Å². The molecule has 2 fully saturated rings. The molecular formula is C12H22N2O. The summed E-state index contributed by atoms with van der Waals surface area (Å²) in [5.74, 6) is 1.05. The van der Waals surface area contributed by atoms with E-state index < -0.39 is 0 Å². The van der Waals surface area contributed by atoms with Gasteiger partial charge in [0.2, 0.25) is 5.91 Å². The molecular weight excluding hydrogens is 188 g/mol. The number of nitrogens with two attached hydrogens (primary N) is 1. The van der Waals surface area contributed by atoms with Gasteiger partial charge in [-0.2, -0.15) is 0 Å². The number of hydrogen-bond acceptors (Lipinski definition) is 2. The van der Waals surface area contributed by atoms with Crippen molar-refractivity contribution in [3.8, 4) is 0 Å². The molecule has 2 rings (SSSR count). The molecule has 0 bridgehead atoms. The minimum absolute atomic E-state index is 0.0288. The molecule has 15 heavy (non-hydrogen) atoms. The summed E-state index contributed by atoms with van der Waals surface area (Å²) >= 11 is 0. The Morgan fingerprint density at radius 1 is 1.53 bits per heavy atom. The van der Waals surface area contributed by atoms with Gasteiger partial charge in [0, 0.05) is 19.0 Å². The molecule has 0 radical (unpaired) electrons. The minimum atomic E-state index is 0.0288. The van der Waals surface area contributed by atoms with Crippen LogP contribution >= 0.6 is 0 Å². The largest absolute Gasteiger partial charge is 0.355 e. The van der Waals surface area contributed by atoms with Crippen LogP contribution in [-0.2, 0) is 4.79 Å². The number of rotatable bonds is 6. The van der Waals surface area contributed by atoms with Gasteiger partial charge in [0.25, 0.3) is 0 Å². The van der Waals surface area contributed by atoms with E-state index in [0.717, 1.165) is 18.9 Å². The van der Waals surface area contributed by atoms with Gasteiger partial charge in [0.05, 0.1) is 0 Å². The van der Waals surface area contributed by atoms with Gasteiger partial charge in [0.1, 0.15) is 0 Å². The topological polar surface area (TPSA) is 55.1 Å². The Balaban J connectivity index is 1.67. The van der Waals surface area contributed by atoms with Crippen LogP contribution in [0.2, 0.25) is 0 Å². The van der Waals surface area contributed by atoms with Crippen LogP contribution in [0.3, 0.4) is 0 Å². The summed E-state index contributed by atoms with van der Waals surface area (Å²) in [6.45, 7) is 2.91. The van der Waals surface area contributed by atoms with E-state index >= 15 is 0 Å². The van der Waals surface area contributed by atoms with Gasteiger partial charge in [0.15, 0.2) is 0 Å². The van der Waals surface area contributed by atoms with E-state index in [0.29, 0.717) is 11.8 Å². The third-order valence-electron chi connectivity index (χ3n) is 3.95. The van der Waals surface area contributed by atoms with E-state index in [1.165, 1.54) is 25.7 Å². The first-order valence-corrected chi connectivity index (χ1v) is 6.18. The van der Waals surface area contributed by atoms with Crippen molar-refractivity contribution in [3.63, 3.8) is 0 Å². The molecule has 3 heteroatoms. The fraction of sp³-hybridized carbons (Fsp3) is 0.917. The van der Waals surface area contributed by atoms with Gasteiger partial charge >= 0.3 is 0 Å². The van der Waals surface area contributed by atoms with Gasteiger partial charge < -0.3 is 11.1 Å². The van der Waals surface area contributed by atoms with Crippen molar-refractivity contribution in [1.82, 2.24) is 5.32 Å². The number of amides is 1. The van der Waals surface area contributed by atoms with Gasteiger partial charge in [-0.1, -0.05) is 6.92 Å². The summed E-state index contributed by atoms with van der Waals surface area (Å²) < 4.78 is 0. The molecule has 0 aromatic rings. The zero-order valence-electron chi connectivity index (χ0n) is 9.59. The molecule has 3 nitrogen and oxygen atoms in total. The normalized spacial score (nSPS) is 24.7. The molecule has 2 aliphatic rings. The maximum absolute atomic E-state index is 11.5. The third kappa shape index (κ3) is 2.71. The van der Waals surface area contributed by atoms with E-state index in [4.69, 9.17) is 5.73 Å². The summed E-state index contributed by atoms with van der Waals surface area (Å²) in [5.41, 5.74) is 6.25. The highest BCUT2D eigenvalue weighted by Crippen LogP contribution is 2.60. The van der Waals surface area contributed by atoms with Gasteiger partial charge in [-0.05, 0) is 43.4 Å². The molecule has 1 atom stereocenters. The zero-order chi connectivity index (χ0) is 10.9. The van der Waals surface area contributed by atoms with Crippen molar-refractivity contribution in [2.45, 2.75) is 51.5 Å². The molecule has 0 aromatic carbocycles. The van der Waals surface area contributed by atoms with Crippen molar-refractivity contribution >= 4 is 5.91 Å². The first-order chi connectivity index (χ1) is 7.16. The first kappa shape index (κ1) is 10.9. The number of carbonyl (C=O) groups is 1. The quantitative estimate of drug-likeness (QED) is 0.696. The second kappa shape index (κ2) is 4.12. The van der Waals surface area contributed by atoms with E-state index in [1.807, 2.05) is 6.92 Å². The Hall–Kier alpha value is -0.570. The van der Waals surface area contributed by atoms with Crippen LogP contribution in [0.25, 0.3) is 0 Å². The predicted molar refractivity (Wildman–Crippen MR) is 60.3 cm³/mol. The molecule has 2 aliphatic carbocycles. The lowest BCUT2D eigenvalue weighted by Crippen LogP contribution is -2.35. The Bertz CT molecular complexity index is 244. The number of hydrogen-bond donors (Lipinski definition) is 2. The average Bonchev–Trinajstić information content (AvgIpc) is 3.04. The summed E-state index contributed by atoms with van der Waals surface area (Å²) in [4.78, 5) is 11.5. The van der Waals surface area contributed by atoms with Crippen LogP contribution in [0.5, 0.6) is 0 Å². The highest BCUT2D eigenvalue weighted by Gasteiger charge is 2.53. The van der Waals surface area contributed by atoms with Crippen LogP contribution in [-0.4, -0.2) is 18.5 Å². The van der Waals surface area contributed by atoms with Crippen molar-refractivity contribution in [2.75, 3.05) is 6.54 Å². The molecule has 0 aliphatic heterocycles. The molecule has 1 unspecified atom stereocenters. The summed E-state index contributed by atoms with van der Waals surface area (Å²) in [7, 11) is 0. The zero-order valence-corrected chi connectivity index (χ0v) is 9.59. The molecule has 3 N–H and O–H groups in total. The van der Waals surface area contributed by atoms with Crippen molar-refractivity contribution < 1.29 is 4.79 Å². The van der Waals surface area contributed by atoms with Crippen molar-refractivity contribution in [2.24, 2.45) is 17.1 Å². The van der Waals surface area contributed by atoms with E-state index in [-0.39, 0.29) is 11.9 Å². The maximum atomic E-state index is 11.5. The van der Waals surface area contributed by atoms with E-state index in [2.05, 4.69) is 5.32 Å². The molecule has 0 saturated heterocycles. The lowest BCUT2D eigenvalue weighted by atomic mass is 10.0. The van der Waals surface area contributed by atoms with E-state index in [1.54, 1.807) is 0 Å². The van der Waals surface area contributed by atoms with Crippen LogP contribution < -0.4 is 11.1 Å². The monoisotopic (exact) mass is 210 g/mol. The Labute approximate surface area is 91.8 Å². The Morgan fingerprint density at radius 3 is 2.67 bits per heavy atom. The lowest BCUT2D eigenvalue weighted by molar-refractivity contribution is -0.121. The van der Waals surface area contributed by atoms with Gasteiger partial charge in [-0.25, -0.2) is 0 Å². The van der Waals surface area contributed by atoms with Crippen LogP contribution in [0.4, 0.5) is 0 Å². The molecule has 86 valence electrons. The van der Waals surface area contributed by atoms with Crippen molar-refractivity contribution in [1.29, 1.82) is 0 Å². The molecule has 2 saturated carbocycles. The van der Waals surface area contributed by atoms with Gasteiger partial charge in [-0.15, -0.1) is 0 Å². The second-order valence-electron chi connectivity index (χ2n) is 5.29.